The topological polar surface area (TPSA) is 66.8 Å². The van der Waals surface area contributed by atoms with Crippen LogP contribution in [-0.2, 0) is 9.53 Å². The number of rotatable bonds is 4. The first-order valence-electron chi connectivity index (χ1n) is 6.24. The lowest BCUT2D eigenvalue weighted by Crippen LogP contribution is -2.41. The van der Waals surface area contributed by atoms with Crippen molar-refractivity contribution >= 4 is 12.1 Å². The van der Waals surface area contributed by atoms with Crippen LogP contribution in [0.3, 0.4) is 0 Å². The summed E-state index contributed by atoms with van der Waals surface area (Å²) in [5.41, 5.74) is 0. The number of carboxylic acid groups (broad SMARTS) is 1. The number of ether oxygens (including phenoxy) is 1. The van der Waals surface area contributed by atoms with Gasteiger partial charge in [0.15, 0.2) is 0 Å². The van der Waals surface area contributed by atoms with Crippen LogP contribution in [-0.4, -0.2) is 41.8 Å². The molecule has 0 aromatic carbocycles. The number of carboxylic acids is 1. The highest BCUT2D eigenvalue weighted by Gasteiger charge is 2.31. The SMILES string of the molecule is CCOC(=O)N1CCC(C(CC)C(=O)O)CC1. The molecule has 1 aliphatic rings. The molecule has 17 heavy (non-hydrogen) atoms. The number of hydrogen-bond donors (Lipinski definition) is 1. The standard InChI is InChI=1S/C12H21NO4/c1-3-10(11(14)15)9-5-7-13(8-6-9)12(16)17-4-2/h9-10H,3-8H2,1-2H3,(H,14,15). The van der Waals surface area contributed by atoms with E-state index in [1.807, 2.05) is 6.92 Å². The Balaban J connectivity index is 2.44. The Bertz CT molecular complexity index is 272. The Hall–Kier alpha value is -1.26. The zero-order valence-electron chi connectivity index (χ0n) is 10.5. The molecule has 98 valence electrons. The smallest absolute Gasteiger partial charge is 0.409 e. The van der Waals surface area contributed by atoms with E-state index in [0.29, 0.717) is 26.1 Å². The van der Waals surface area contributed by atoms with Crippen LogP contribution in [0.2, 0.25) is 0 Å². The molecule has 0 aliphatic carbocycles. The van der Waals surface area contributed by atoms with Gasteiger partial charge < -0.3 is 14.7 Å². The molecule has 1 N–H and O–H groups in total. The van der Waals surface area contributed by atoms with Gasteiger partial charge in [-0.25, -0.2) is 4.79 Å². The number of nitrogens with zero attached hydrogens (tertiary/aromatic N) is 1. The molecule has 0 saturated carbocycles. The monoisotopic (exact) mass is 243 g/mol. The van der Waals surface area contributed by atoms with Gasteiger partial charge in [-0.05, 0) is 32.1 Å². The van der Waals surface area contributed by atoms with E-state index in [0.717, 1.165) is 12.8 Å². The van der Waals surface area contributed by atoms with Crippen molar-refractivity contribution in [2.45, 2.75) is 33.1 Å². The van der Waals surface area contributed by atoms with E-state index >= 15 is 0 Å². The lowest BCUT2D eigenvalue weighted by molar-refractivity contribution is -0.144. The highest BCUT2D eigenvalue weighted by molar-refractivity contribution is 5.70. The number of amides is 1. The van der Waals surface area contributed by atoms with Crippen LogP contribution in [0.5, 0.6) is 0 Å². The fraction of sp³-hybridized carbons (Fsp3) is 0.833. The number of aliphatic carboxylic acids is 1. The van der Waals surface area contributed by atoms with Crippen LogP contribution in [0.25, 0.3) is 0 Å². The van der Waals surface area contributed by atoms with Crippen molar-refractivity contribution in [2.75, 3.05) is 19.7 Å². The van der Waals surface area contributed by atoms with E-state index in [4.69, 9.17) is 9.84 Å². The number of carbonyl (C=O) groups excluding carboxylic acids is 1. The van der Waals surface area contributed by atoms with Gasteiger partial charge in [-0.2, -0.15) is 0 Å². The molecule has 1 saturated heterocycles. The molecule has 1 heterocycles. The average molecular weight is 243 g/mol. The van der Waals surface area contributed by atoms with Gasteiger partial charge in [-0.15, -0.1) is 0 Å². The Morgan fingerprint density at radius 3 is 2.35 bits per heavy atom. The molecule has 5 heteroatoms. The molecule has 5 nitrogen and oxygen atoms in total. The molecule has 1 amide bonds. The van der Waals surface area contributed by atoms with Crippen molar-refractivity contribution in [1.82, 2.24) is 4.90 Å². The third-order valence-electron chi connectivity index (χ3n) is 3.39. The zero-order chi connectivity index (χ0) is 12.8. The Kier molecular flexibility index (Phi) is 5.25. The first kappa shape index (κ1) is 13.8. The average Bonchev–Trinajstić information content (AvgIpc) is 2.30. The lowest BCUT2D eigenvalue weighted by atomic mass is 9.83. The summed E-state index contributed by atoms with van der Waals surface area (Å²) in [6.45, 7) is 5.27. The number of piperidine rings is 1. The molecule has 0 bridgehead atoms. The van der Waals surface area contributed by atoms with E-state index in [2.05, 4.69) is 0 Å². The summed E-state index contributed by atoms with van der Waals surface area (Å²) < 4.78 is 4.92. The number of hydrogen-bond acceptors (Lipinski definition) is 3. The maximum Gasteiger partial charge on any atom is 0.409 e. The van der Waals surface area contributed by atoms with Crippen molar-refractivity contribution in [3.63, 3.8) is 0 Å². The zero-order valence-corrected chi connectivity index (χ0v) is 10.5. The molecule has 1 rings (SSSR count). The molecule has 1 unspecified atom stereocenters. The summed E-state index contributed by atoms with van der Waals surface area (Å²) >= 11 is 0. The van der Waals surface area contributed by atoms with Gasteiger partial charge in [-0.3, -0.25) is 4.79 Å². The lowest BCUT2D eigenvalue weighted by Gasteiger charge is -2.33. The second-order valence-electron chi connectivity index (χ2n) is 4.38. The maximum absolute atomic E-state index is 11.5. The Morgan fingerprint density at radius 2 is 1.94 bits per heavy atom. The first-order chi connectivity index (χ1) is 8.10. The summed E-state index contributed by atoms with van der Waals surface area (Å²) in [5, 5.41) is 9.08. The van der Waals surface area contributed by atoms with Gasteiger partial charge in [0.25, 0.3) is 0 Å². The predicted octanol–water partition coefficient (Wildman–Crippen LogP) is 1.97. The molecular weight excluding hydrogens is 222 g/mol. The van der Waals surface area contributed by atoms with Gasteiger partial charge >= 0.3 is 12.1 Å². The third kappa shape index (κ3) is 3.61. The second kappa shape index (κ2) is 6.47. The largest absolute Gasteiger partial charge is 0.481 e. The summed E-state index contributed by atoms with van der Waals surface area (Å²) in [5.74, 6) is -0.815. The van der Waals surface area contributed by atoms with E-state index in [1.54, 1.807) is 11.8 Å². The van der Waals surface area contributed by atoms with Gasteiger partial charge in [0.1, 0.15) is 0 Å². The Labute approximate surface area is 102 Å². The molecule has 1 aliphatic heterocycles. The fourth-order valence-electron chi connectivity index (χ4n) is 2.41. The molecule has 0 aromatic heterocycles. The van der Waals surface area contributed by atoms with Crippen molar-refractivity contribution < 1.29 is 19.4 Å². The van der Waals surface area contributed by atoms with E-state index < -0.39 is 5.97 Å². The minimum atomic E-state index is -0.720. The normalized spacial score (nSPS) is 18.8. The summed E-state index contributed by atoms with van der Waals surface area (Å²) in [6.07, 6.45) is 1.88. The van der Waals surface area contributed by atoms with Crippen LogP contribution in [0.4, 0.5) is 4.79 Å². The predicted molar refractivity (Wildman–Crippen MR) is 62.7 cm³/mol. The summed E-state index contributed by atoms with van der Waals surface area (Å²) in [6, 6.07) is 0. The maximum atomic E-state index is 11.5. The molecule has 0 radical (unpaired) electrons. The fourth-order valence-corrected chi connectivity index (χ4v) is 2.41. The van der Waals surface area contributed by atoms with Crippen molar-refractivity contribution in [3.05, 3.63) is 0 Å². The molecule has 0 aromatic rings. The highest BCUT2D eigenvalue weighted by atomic mass is 16.6. The van der Waals surface area contributed by atoms with Gasteiger partial charge in [-0.1, -0.05) is 6.92 Å². The van der Waals surface area contributed by atoms with Crippen molar-refractivity contribution in [1.29, 1.82) is 0 Å². The van der Waals surface area contributed by atoms with Crippen LogP contribution in [0.15, 0.2) is 0 Å². The molecule has 1 fully saturated rings. The van der Waals surface area contributed by atoms with E-state index in [-0.39, 0.29) is 17.9 Å². The van der Waals surface area contributed by atoms with E-state index in [1.165, 1.54) is 0 Å². The highest BCUT2D eigenvalue weighted by Crippen LogP contribution is 2.27. The van der Waals surface area contributed by atoms with Crippen LogP contribution < -0.4 is 0 Å². The van der Waals surface area contributed by atoms with Crippen LogP contribution in [0.1, 0.15) is 33.1 Å². The van der Waals surface area contributed by atoms with Gasteiger partial charge in [0, 0.05) is 13.1 Å². The summed E-state index contributed by atoms with van der Waals surface area (Å²) in [4.78, 5) is 24.2. The minimum Gasteiger partial charge on any atom is -0.481 e. The second-order valence-corrected chi connectivity index (χ2v) is 4.38. The molecule has 0 spiro atoms. The Morgan fingerprint density at radius 1 is 1.35 bits per heavy atom. The minimum absolute atomic E-state index is 0.183. The number of carbonyl (C=O) groups is 2. The van der Waals surface area contributed by atoms with Crippen molar-refractivity contribution in [2.24, 2.45) is 11.8 Å². The quantitative estimate of drug-likeness (QED) is 0.819. The summed E-state index contributed by atoms with van der Waals surface area (Å²) in [7, 11) is 0. The first-order valence-corrected chi connectivity index (χ1v) is 6.24. The molecule has 1 atom stereocenters. The van der Waals surface area contributed by atoms with Crippen LogP contribution in [0, 0.1) is 11.8 Å². The van der Waals surface area contributed by atoms with E-state index in [9.17, 15) is 9.59 Å². The van der Waals surface area contributed by atoms with Crippen molar-refractivity contribution in [3.8, 4) is 0 Å². The van der Waals surface area contributed by atoms with Gasteiger partial charge in [0.05, 0.1) is 12.5 Å². The third-order valence-corrected chi connectivity index (χ3v) is 3.39. The van der Waals surface area contributed by atoms with Gasteiger partial charge in [0.2, 0.25) is 0 Å². The molecular formula is C12H21NO4. The van der Waals surface area contributed by atoms with Crippen LogP contribution >= 0.6 is 0 Å². The number of likely N-dealkylation sites (tertiary alicyclic amines) is 1.